The van der Waals surface area contributed by atoms with E-state index in [1.165, 1.54) is 0 Å². The van der Waals surface area contributed by atoms with Gasteiger partial charge in [0.2, 0.25) is 0 Å². The molecule has 0 unspecified atom stereocenters. The van der Waals surface area contributed by atoms with Crippen molar-refractivity contribution in [2.75, 3.05) is 37.7 Å². The van der Waals surface area contributed by atoms with E-state index in [1.54, 1.807) is 0 Å². The lowest BCUT2D eigenvalue weighted by molar-refractivity contribution is 0.178. The fourth-order valence-corrected chi connectivity index (χ4v) is 3.49. The Kier molecular flexibility index (Phi) is 2.10. The first kappa shape index (κ1) is 8.47. The lowest BCUT2D eigenvalue weighted by Crippen LogP contribution is -2.58. The molecule has 0 bridgehead atoms. The lowest BCUT2D eigenvalue weighted by Gasteiger charge is -2.39. The average molecular weight is 190 g/mol. The van der Waals surface area contributed by atoms with Crippen molar-refractivity contribution in [1.82, 2.24) is 10.2 Å². The number of nitrogens with zero attached hydrogens (tertiary/aromatic N) is 1. The molecule has 70 valence electrons. The topological polar surface area (TPSA) is 49.4 Å². The van der Waals surface area contributed by atoms with Crippen LogP contribution in [0, 0.1) is 0 Å². The minimum absolute atomic E-state index is 0.234. The number of nitrogens with one attached hydrogen (secondary N) is 1. The molecule has 1 atom stereocenters. The van der Waals surface area contributed by atoms with Gasteiger partial charge in [-0.05, 0) is 0 Å². The molecule has 0 aliphatic carbocycles. The average Bonchev–Trinajstić information content (AvgIpc) is 2.02. The molecule has 0 saturated carbocycles. The summed E-state index contributed by atoms with van der Waals surface area (Å²) >= 11 is 0. The van der Waals surface area contributed by atoms with Crippen LogP contribution in [-0.4, -0.2) is 57.0 Å². The molecule has 5 heteroatoms. The van der Waals surface area contributed by atoms with Crippen LogP contribution in [0.3, 0.4) is 0 Å². The molecular weight excluding hydrogens is 176 g/mol. The summed E-state index contributed by atoms with van der Waals surface area (Å²) in [5, 5.41) is 3.22. The van der Waals surface area contributed by atoms with E-state index < -0.39 is 9.84 Å². The number of hydrogen-bond donors (Lipinski definition) is 1. The summed E-state index contributed by atoms with van der Waals surface area (Å²) in [6.45, 7) is 3.56. The number of sulfone groups is 1. The molecule has 2 aliphatic rings. The lowest BCUT2D eigenvalue weighted by atomic mass is 10.2. The summed E-state index contributed by atoms with van der Waals surface area (Å²) in [5.41, 5.74) is 0. The smallest absolute Gasteiger partial charge is 0.153 e. The van der Waals surface area contributed by atoms with Crippen molar-refractivity contribution in [3.8, 4) is 0 Å². The van der Waals surface area contributed by atoms with Gasteiger partial charge in [-0.15, -0.1) is 0 Å². The van der Waals surface area contributed by atoms with Crippen molar-refractivity contribution in [1.29, 1.82) is 0 Å². The van der Waals surface area contributed by atoms with Crippen LogP contribution in [0.25, 0.3) is 0 Å². The summed E-state index contributed by atoms with van der Waals surface area (Å²) in [4.78, 5) is 2.28. The second-order valence-corrected chi connectivity index (χ2v) is 5.74. The standard InChI is InChI=1S/C7H14N2O2S/c10-12(11)4-3-9-2-1-8-5-7(9)6-12/h7-8H,1-6H2/t7-/m0/s1. The van der Waals surface area contributed by atoms with E-state index in [4.69, 9.17) is 0 Å². The first-order valence-corrected chi connectivity index (χ1v) is 6.15. The van der Waals surface area contributed by atoms with E-state index >= 15 is 0 Å². The molecule has 2 aliphatic heterocycles. The van der Waals surface area contributed by atoms with Crippen LogP contribution in [0.5, 0.6) is 0 Å². The van der Waals surface area contributed by atoms with E-state index in [-0.39, 0.29) is 6.04 Å². The van der Waals surface area contributed by atoms with E-state index in [0.29, 0.717) is 11.5 Å². The third-order valence-corrected chi connectivity index (χ3v) is 4.31. The first-order valence-electron chi connectivity index (χ1n) is 4.32. The van der Waals surface area contributed by atoms with Gasteiger partial charge in [0, 0.05) is 32.2 Å². The van der Waals surface area contributed by atoms with Crippen LogP contribution in [-0.2, 0) is 9.84 Å². The molecule has 0 radical (unpaired) electrons. The van der Waals surface area contributed by atoms with Crippen LogP contribution < -0.4 is 5.32 Å². The molecule has 0 aromatic carbocycles. The molecule has 0 aromatic heterocycles. The van der Waals surface area contributed by atoms with Gasteiger partial charge in [-0.2, -0.15) is 0 Å². The van der Waals surface area contributed by atoms with Crippen LogP contribution in [0.2, 0.25) is 0 Å². The summed E-state index contributed by atoms with van der Waals surface area (Å²) < 4.78 is 22.5. The van der Waals surface area contributed by atoms with Crippen molar-refractivity contribution in [3.05, 3.63) is 0 Å². The highest BCUT2D eigenvalue weighted by Gasteiger charge is 2.32. The van der Waals surface area contributed by atoms with Crippen molar-refractivity contribution >= 4 is 9.84 Å². The summed E-state index contributed by atoms with van der Waals surface area (Å²) in [7, 11) is -2.73. The Morgan fingerprint density at radius 3 is 3.00 bits per heavy atom. The zero-order chi connectivity index (χ0) is 8.60. The van der Waals surface area contributed by atoms with Gasteiger partial charge in [0.15, 0.2) is 9.84 Å². The highest BCUT2D eigenvalue weighted by Crippen LogP contribution is 2.12. The monoisotopic (exact) mass is 190 g/mol. The first-order chi connectivity index (χ1) is 5.67. The Balaban J connectivity index is 2.08. The Hall–Kier alpha value is -0.130. The predicted molar refractivity (Wildman–Crippen MR) is 46.9 cm³/mol. The Labute approximate surface area is 72.9 Å². The zero-order valence-corrected chi connectivity index (χ0v) is 7.81. The largest absolute Gasteiger partial charge is 0.314 e. The minimum Gasteiger partial charge on any atom is -0.314 e. The molecule has 2 saturated heterocycles. The van der Waals surface area contributed by atoms with Gasteiger partial charge in [-0.1, -0.05) is 0 Å². The van der Waals surface area contributed by atoms with Gasteiger partial charge in [0.1, 0.15) is 0 Å². The number of piperazine rings is 1. The third kappa shape index (κ3) is 1.62. The fraction of sp³-hybridized carbons (Fsp3) is 1.00. The van der Waals surface area contributed by atoms with Gasteiger partial charge >= 0.3 is 0 Å². The highest BCUT2D eigenvalue weighted by atomic mass is 32.2. The maximum atomic E-state index is 11.3. The fourth-order valence-electron chi connectivity index (χ4n) is 1.89. The maximum absolute atomic E-state index is 11.3. The van der Waals surface area contributed by atoms with Crippen LogP contribution in [0.15, 0.2) is 0 Å². The Morgan fingerprint density at radius 2 is 2.17 bits per heavy atom. The van der Waals surface area contributed by atoms with Gasteiger partial charge in [-0.25, -0.2) is 8.42 Å². The molecular formula is C7H14N2O2S. The molecule has 2 heterocycles. The minimum atomic E-state index is -2.73. The molecule has 4 nitrogen and oxygen atoms in total. The van der Waals surface area contributed by atoms with Gasteiger partial charge in [0.05, 0.1) is 11.5 Å². The van der Waals surface area contributed by atoms with E-state index in [1.807, 2.05) is 0 Å². The number of fused-ring (bicyclic) bond motifs is 1. The highest BCUT2D eigenvalue weighted by molar-refractivity contribution is 7.91. The molecule has 12 heavy (non-hydrogen) atoms. The van der Waals surface area contributed by atoms with E-state index in [0.717, 1.165) is 26.2 Å². The number of hydrogen-bond acceptors (Lipinski definition) is 4. The second kappa shape index (κ2) is 2.97. The van der Waals surface area contributed by atoms with Crippen molar-refractivity contribution in [2.45, 2.75) is 6.04 Å². The molecule has 2 fully saturated rings. The molecule has 1 N–H and O–H groups in total. The molecule has 0 aromatic rings. The Bertz CT molecular complexity index is 263. The SMILES string of the molecule is O=S1(=O)CCN2CCNC[C@H]2C1. The van der Waals surface area contributed by atoms with Crippen molar-refractivity contribution < 1.29 is 8.42 Å². The third-order valence-electron chi connectivity index (χ3n) is 2.61. The van der Waals surface area contributed by atoms with Gasteiger partial charge in [0.25, 0.3) is 0 Å². The van der Waals surface area contributed by atoms with Crippen LogP contribution in [0.1, 0.15) is 0 Å². The van der Waals surface area contributed by atoms with E-state index in [2.05, 4.69) is 10.2 Å². The van der Waals surface area contributed by atoms with Crippen molar-refractivity contribution in [3.63, 3.8) is 0 Å². The van der Waals surface area contributed by atoms with Gasteiger partial charge < -0.3 is 5.32 Å². The zero-order valence-electron chi connectivity index (χ0n) is 6.99. The van der Waals surface area contributed by atoms with Crippen LogP contribution in [0.4, 0.5) is 0 Å². The number of rotatable bonds is 0. The normalized spacial score (nSPS) is 35.8. The van der Waals surface area contributed by atoms with Crippen LogP contribution >= 0.6 is 0 Å². The summed E-state index contributed by atoms with van der Waals surface area (Å²) in [5.74, 6) is 0.698. The Morgan fingerprint density at radius 1 is 1.33 bits per heavy atom. The summed E-state index contributed by atoms with van der Waals surface area (Å²) in [6, 6.07) is 0.234. The predicted octanol–water partition coefficient (Wildman–Crippen LogP) is -1.31. The van der Waals surface area contributed by atoms with Crippen molar-refractivity contribution in [2.24, 2.45) is 0 Å². The summed E-state index contributed by atoms with van der Waals surface area (Å²) in [6.07, 6.45) is 0. The van der Waals surface area contributed by atoms with E-state index in [9.17, 15) is 8.42 Å². The quantitative estimate of drug-likeness (QED) is 0.515. The molecule has 0 amide bonds. The van der Waals surface area contributed by atoms with Gasteiger partial charge in [-0.3, -0.25) is 4.90 Å². The molecule has 0 spiro atoms. The molecule has 2 rings (SSSR count). The second-order valence-electron chi connectivity index (χ2n) is 3.51. The maximum Gasteiger partial charge on any atom is 0.153 e.